The first-order valence-electron chi connectivity index (χ1n) is 17.0. The number of anilines is 2. The Morgan fingerprint density at radius 2 is 1.56 bits per heavy atom. The van der Waals surface area contributed by atoms with Crippen LogP contribution in [0.1, 0.15) is 57.0 Å². The highest BCUT2D eigenvalue weighted by atomic mass is 32.2. The summed E-state index contributed by atoms with van der Waals surface area (Å²) >= 11 is 2.78. The highest BCUT2D eigenvalue weighted by Gasteiger charge is 2.30. The molecule has 2 unspecified atom stereocenters. The van der Waals surface area contributed by atoms with Gasteiger partial charge in [0.05, 0.1) is 17.9 Å². The summed E-state index contributed by atoms with van der Waals surface area (Å²) in [7, 11) is 1.35. The molecule has 3 amide bonds. The topological polar surface area (TPSA) is 114 Å². The minimum absolute atomic E-state index is 0.0709. The molecule has 52 heavy (non-hydrogen) atoms. The molecule has 1 aromatic heterocycles. The van der Waals surface area contributed by atoms with E-state index in [1.165, 1.54) is 30.2 Å². The molecule has 0 radical (unpaired) electrons. The number of amides is 3. The lowest BCUT2D eigenvalue weighted by Crippen LogP contribution is -2.30. The summed E-state index contributed by atoms with van der Waals surface area (Å²) in [5, 5.41) is 8.69. The van der Waals surface area contributed by atoms with E-state index in [4.69, 9.17) is 4.74 Å². The van der Waals surface area contributed by atoms with Gasteiger partial charge in [0, 0.05) is 21.0 Å². The van der Waals surface area contributed by atoms with E-state index in [1.807, 2.05) is 66.7 Å². The number of benzene rings is 4. The Bertz CT molecular complexity index is 2110. The molecule has 1 aliphatic rings. The molecule has 2 atom stereocenters. The molecule has 10 heteroatoms. The van der Waals surface area contributed by atoms with Crippen molar-refractivity contribution in [2.24, 2.45) is 5.92 Å². The van der Waals surface area contributed by atoms with Crippen LogP contribution in [0.25, 0.3) is 17.2 Å². The van der Waals surface area contributed by atoms with Crippen molar-refractivity contribution in [3.63, 3.8) is 0 Å². The summed E-state index contributed by atoms with van der Waals surface area (Å²) in [6.07, 6.45) is 4.28. The van der Waals surface area contributed by atoms with Gasteiger partial charge in [0.25, 0.3) is 11.8 Å². The molecule has 0 saturated carbocycles. The van der Waals surface area contributed by atoms with Gasteiger partial charge in [-0.15, -0.1) is 23.1 Å². The first-order chi connectivity index (χ1) is 25.2. The molecule has 1 aliphatic carbocycles. The maximum absolute atomic E-state index is 13.7. The number of thioether (sulfide) groups is 1. The van der Waals surface area contributed by atoms with E-state index in [0.29, 0.717) is 27.7 Å². The van der Waals surface area contributed by atoms with Crippen LogP contribution in [0.4, 0.5) is 10.7 Å². The fourth-order valence-corrected chi connectivity index (χ4v) is 8.31. The van der Waals surface area contributed by atoms with Crippen molar-refractivity contribution in [2.75, 3.05) is 17.7 Å². The summed E-state index contributed by atoms with van der Waals surface area (Å²) in [5.74, 6) is -1.09. The van der Waals surface area contributed by atoms with E-state index in [2.05, 4.69) is 22.9 Å². The smallest absolute Gasteiger partial charge is 0.341 e. The molecule has 0 aliphatic heterocycles. The average Bonchev–Trinajstić information content (AvgIpc) is 3.51. The first kappa shape index (κ1) is 36.3. The Balaban J connectivity index is 1.17. The molecule has 0 fully saturated rings. The second kappa shape index (κ2) is 16.7. The zero-order chi connectivity index (χ0) is 36.6. The van der Waals surface area contributed by atoms with Crippen molar-refractivity contribution in [3.05, 3.63) is 142 Å². The SMILES string of the molecule is COC(=O)c1c(NC(=O)C(C)Sc2cccc(NC(=O)/C(=C\c3ccc(-c4ccccc4)cc3)NC(=O)c3ccccc3)c2)sc2c1CCC(C)C2. The number of hydrogen-bond donors (Lipinski definition) is 3. The quantitative estimate of drug-likeness (QED) is 0.0712. The number of nitrogens with one attached hydrogen (secondary N) is 3. The average molecular weight is 730 g/mol. The van der Waals surface area contributed by atoms with E-state index in [0.717, 1.165) is 51.3 Å². The van der Waals surface area contributed by atoms with Gasteiger partial charge in [-0.25, -0.2) is 4.79 Å². The molecule has 0 spiro atoms. The third-order valence-electron chi connectivity index (χ3n) is 8.77. The number of methoxy groups -OCH3 is 1. The van der Waals surface area contributed by atoms with Gasteiger partial charge in [0.1, 0.15) is 10.7 Å². The summed E-state index contributed by atoms with van der Waals surface area (Å²) in [4.78, 5) is 54.9. The van der Waals surface area contributed by atoms with Crippen LogP contribution in [0.2, 0.25) is 0 Å². The van der Waals surface area contributed by atoms with Gasteiger partial charge >= 0.3 is 5.97 Å². The van der Waals surface area contributed by atoms with Crippen LogP contribution >= 0.6 is 23.1 Å². The predicted octanol–water partition coefficient (Wildman–Crippen LogP) is 8.86. The molecule has 0 bridgehead atoms. The van der Waals surface area contributed by atoms with Crippen molar-refractivity contribution in [1.29, 1.82) is 0 Å². The van der Waals surface area contributed by atoms with Gasteiger partial charge in [-0.1, -0.05) is 85.8 Å². The first-order valence-corrected chi connectivity index (χ1v) is 18.7. The highest BCUT2D eigenvalue weighted by molar-refractivity contribution is 8.00. The number of hydrogen-bond acceptors (Lipinski definition) is 7. The Kier molecular flexibility index (Phi) is 11.7. The zero-order valence-electron chi connectivity index (χ0n) is 29.1. The van der Waals surface area contributed by atoms with Crippen LogP contribution in [-0.4, -0.2) is 36.1 Å². The standard InChI is InChI=1S/C42H39N3O5S2/c1-26-17-22-34-36(23-26)52-41(37(34)42(49)50-3)45-38(46)27(2)51-33-16-10-15-32(25-33)43-40(48)35(44-39(47)31-13-8-5-9-14-31)24-28-18-20-30(21-19-28)29-11-6-4-7-12-29/h4-16,18-21,24-27H,17,22-23H2,1-3H3,(H,43,48)(H,44,47)(H,45,46)/b35-24+. The molecule has 1 heterocycles. The van der Waals surface area contributed by atoms with Gasteiger partial charge in [-0.2, -0.15) is 0 Å². The third-order valence-corrected chi connectivity index (χ3v) is 11.0. The summed E-state index contributed by atoms with van der Waals surface area (Å²) in [6.45, 7) is 3.98. The monoisotopic (exact) mass is 729 g/mol. The molecular formula is C42H39N3O5S2. The number of fused-ring (bicyclic) bond motifs is 1. The van der Waals surface area contributed by atoms with Crippen molar-refractivity contribution >= 4 is 63.6 Å². The summed E-state index contributed by atoms with van der Waals surface area (Å²) in [6, 6.07) is 33.6. The number of ether oxygens (including phenoxy) is 1. The molecule has 3 N–H and O–H groups in total. The van der Waals surface area contributed by atoms with Gasteiger partial charge in [-0.3, -0.25) is 14.4 Å². The van der Waals surface area contributed by atoms with Crippen LogP contribution in [0, 0.1) is 5.92 Å². The minimum atomic E-state index is -0.519. The second-order valence-electron chi connectivity index (χ2n) is 12.6. The van der Waals surface area contributed by atoms with E-state index in [1.54, 1.807) is 55.5 Å². The van der Waals surface area contributed by atoms with Gasteiger partial charge < -0.3 is 20.7 Å². The predicted molar refractivity (Wildman–Crippen MR) is 210 cm³/mol. The van der Waals surface area contributed by atoms with E-state index >= 15 is 0 Å². The molecule has 8 nitrogen and oxygen atoms in total. The number of carbonyl (C=O) groups is 4. The number of thiophene rings is 1. The second-order valence-corrected chi connectivity index (χ2v) is 15.2. The zero-order valence-corrected chi connectivity index (χ0v) is 30.7. The normalized spacial score (nSPS) is 14.4. The van der Waals surface area contributed by atoms with Crippen LogP contribution in [0.15, 0.2) is 120 Å². The van der Waals surface area contributed by atoms with Crippen molar-refractivity contribution in [2.45, 2.75) is 43.3 Å². The largest absolute Gasteiger partial charge is 0.465 e. The van der Waals surface area contributed by atoms with Crippen molar-refractivity contribution in [3.8, 4) is 11.1 Å². The number of carbonyl (C=O) groups excluding carboxylic acids is 4. The van der Waals surface area contributed by atoms with E-state index in [9.17, 15) is 19.2 Å². The molecule has 0 saturated heterocycles. The Morgan fingerprint density at radius 1 is 0.865 bits per heavy atom. The third kappa shape index (κ3) is 8.88. The number of rotatable bonds is 11. The fourth-order valence-electron chi connectivity index (χ4n) is 5.99. The molecule has 4 aromatic carbocycles. The highest BCUT2D eigenvalue weighted by Crippen LogP contribution is 2.40. The molecule has 5 aromatic rings. The van der Waals surface area contributed by atoms with Gasteiger partial charge in [-0.05, 0) is 90.8 Å². The van der Waals surface area contributed by atoms with Crippen LogP contribution < -0.4 is 16.0 Å². The maximum atomic E-state index is 13.7. The molecular weight excluding hydrogens is 691 g/mol. The molecule has 6 rings (SSSR count). The van der Waals surface area contributed by atoms with Crippen molar-refractivity contribution < 1.29 is 23.9 Å². The Labute approximate surface area is 311 Å². The van der Waals surface area contributed by atoms with E-state index < -0.39 is 23.0 Å². The fraction of sp³-hybridized carbons (Fsp3) is 0.190. The lowest BCUT2D eigenvalue weighted by Gasteiger charge is -2.18. The molecule has 264 valence electrons. The van der Waals surface area contributed by atoms with Crippen LogP contribution in [0.3, 0.4) is 0 Å². The minimum Gasteiger partial charge on any atom is -0.465 e. The van der Waals surface area contributed by atoms with Crippen LogP contribution in [-0.2, 0) is 27.2 Å². The van der Waals surface area contributed by atoms with E-state index in [-0.39, 0.29) is 11.6 Å². The Morgan fingerprint density at radius 3 is 2.27 bits per heavy atom. The summed E-state index contributed by atoms with van der Waals surface area (Å²) < 4.78 is 5.08. The Hall–Kier alpha value is -5.45. The van der Waals surface area contributed by atoms with Gasteiger partial charge in [0.15, 0.2) is 0 Å². The van der Waals surface area contributed by atoms with Crippen LogP contribution in [0.5, 0.6) is 0 Å². The number of esters is 1. The summed E-state index contributed by atoms with van der Waals surface area (Å²) in [5.41, 5.74) is 5.26. The lowest BCUT2D eigenvalue weighted by molar-refractivity contribution is -0.115. The maximum Gasteiger partial charge on any atom is 0.341 e. The van der Waals surface area contributed by atoms with Gasteiger partial charge in [0.2, 0.25) is 5.91 Å². The van der Waals surface area contributed by atoms with Crippen molar-refractivity contribution in [1.82, 2.24) is 5.32 Å². The lowest BCUT2D eigenvalue weighted by atomic mass is 9.88.